The molecule has 0 spiro atoms. The summed E-state index contributed by atoms with van der Waals surface area (Å²) < 4.78 is 32.7. The number of hydrogen-bond acceptors (Lipinski definition) is 6. The highest BCUT2D eigenvalue weighted by Crippen LogP contribution is 2.18. The van der Waals surface area contributed by atoms with E-state index in [0.717, 1.165) is 17.4 Å². The molecule has 2 rings (SSSR count). The van der Waals surface area contributed by atoms with Gasteiger partial charge in [-0.05, 0) is 12.1 Å². The summed E-state index contributed by atoms with van der Waals surface area (Å²) in [5.74, 6) is 1.21. The molecule has 2 aromatic rings. The highest BCUT2D eigenvalue weighted by Gasteiger charge is 2.17. The Morgan fingerprint density at radius 3 is 2.68 bits per heavy atom. The number of non-ortho nitro benzene ring substituents is 1. The van der Waals surface area contributed by atoms with E-state index in [0.29, 0.717) is 19.1 Å². The van der Waals surface area contributed by atoms with Gasteiger partial charge in [-0.25, -0.2) is 13.1 Å². The number of aliphatic imine (C=N–C) groups is 1. The molecule has 0 saturated heterocycles. The number of para-hydroxylation sites is 1. The smallest absolute Gasteiger partial charge is 0.270 e. The molecule has 2 aromatic carbocycles. The number of guanidine groups is 1. The van der Waals surface area contributed by atoms with Gasteiger partial charge in [-0.2, -0.15) is 0 Å². The van der Waals surface area contributed by atoms with Crippen molar-refractivity contribution in [2.75, 3.05) is 26.7 Å². The zero-order valence-corrected chi connectivity index (χ0v) is 17.9. The van der Waals surface area contributed by atoms with Gasteiger partial charge in [-0.15, -0.1) is 0 Å². The van der Waals surface area contributed by atoms with Crippen molar-refractivity contribution < 1.29 is 18.1 Å². The van der Waals surface area contributed by atoms with Gasteiger partial charge in [0, 0.05) is 44.4 Å². The second-order valence-corrected chi connectivity index (χ2v) is 7.98. The Morgan fingerprint density at radius 2 is 1.97 bits per heavy atom. The number of nitro benzene ring substituents is 1. The maximum atomic E-state index is 12.3. The Hall–Kier alpha value is -3.44. The van der Waals surface area contributed by atoms with Crippen LogP contribution >= 0.6 is 0 Å². The lowest BCUT2D eigenvalue weighted by Crippen LogP contribution is -2.41. The summed E-state index contributed by atoms with van der Waals surface area (Å²) in [4.78, 5) is 14.1. The molecule has 0 unspecified atom stereocenters. The van der Waals surface area contributed by atoms with E-state index in [1.54, 1.807) is 13.1 Å². The van der Waals surface area contributed by atoms with Gasteiger partial charge in [0.15, 0.2) is 5.96 Å². The second kappa shape index (κ2) is 11.7. The number of sulfonamides is 1. The lowest BCUT2D eigenvalue weighted by atomic mass is 10.2. The Bertz CT molecular complexity index is 1040. The monoisotopic (exact) mass is 447 g/mol. The predicted molar refractivity (Wildman–Crippen MR) is 119 cm³/mol. The van der Waals surface area contributed by atoms with E-state index in [4.69, 9.17) is 4.74 Å². The van der Waals surface area contributed by atoms with Crippen LogP contribution in [-0.2, 0) is 16.6 Å². The van der Waals surface area contributed by atoms with Crippen LogP contribution in [0.25, 0.3) is 0 Å². The molecular weight excluding hydrogens is 422 g/mol. The molecule has 0 heterocycles. The van der Waals surface area contributed by atoms with Crippen molar-refractivity contribution in [3.05, 3.63) is 76.9 Å². The maximum absolute atomic E-state index is 12.3. The summed E-state index contributed by atoms with van der Waals surface area (Å²) >= 11 is 0. The fourth-order valence-corrected chi connectivity index (χ4v) is 3.62. The average molecular weight is 448 g/mol. The number of rotatable bonds is 11. The van der Waals surface area contributed by atoms with Crippen LogP contribution in [0, 0.1) is 10.1 Å². The van der Waals surface area contributed by atoms with E-state index < -0.39 is 14.9 Å². The standard InChI is InChI=1S/C20H25N5O5S/c1-3-13-30-19-10-5-4-7-16(19)15-23-20(21-2)22-11-12-24-31(28,29)18-9-6-8-17(14-18)25(26)27/h3-10,14,24H,1,11-13,15H2,2H3,(H2,21,22,23). The van der Waals surface area contributed by atoms with Crippen LogP contribution in [0.1, 0.15) is 5.56 Å². The molecule has 10 nitrogen and oxygen atoms in total. The third-order valence-electron chi connectivity index (χ3n) is 4.05. The maximum Gasteiger partial charge on any atom is 0.270 e. The Labute approximate surface area is 181 Å². The van der Waals surface area contributed by atoms with Crippen molar-refractivity contribution in [2.45, 2.75) is 11.4 Å². The quantitative estimate of drug-likeness (QED) is 0.119. The molecule has 3 N–H and O–H groups in total. The first kappa shape index (κ1) is 23.8. The molecule has 0 aliphatic rings. The predicted octanol–water partition coefficient (Wildman–Crippen LogP) is 1.80. The van der Waals surface area contributed by atoms with E-state index in [2.05, 4.69) is 26.9 Å². The van der Waals surface area contributed by atoms with Crippen molar-refractivity contribution in [3.63, 3.8) is 0 Å². The molecule has 166 valence electrons. The minimum Gasteiger partial charge on any atom is -0.489 e. The van der Waals surface area contributed by atoms with Crippen LogP contribution in [0.3, 0.4) is 0 Å². The molecule has 0 amide bonds. The number of nitrogens with one attached hydrogen (secondary N) is 3. The van der Waals surface area contributed by atoms with Crippen molar-refractivity contribution in [1.29, 1.82) is 0 Å². The van der Waals surface area contributed by atoms with Crippen LogP contribution < -0.4 is 20.1 Å². The molecule has 11 heteroatoms. The first-order valence-corrected chi connectivity index (χ1v) is 10.9. The van der Waals surface area contributed by atoms with Crippen LogP contribution in [-0.4, -0.2) is 46.0 Å². The summed E-state index contributed by atoms with van der Waals surface area (Å²) in [6.07, 6.45) is 1.67. The highest BCUT2D eigenvalue weighted by atomic mass is 32.2. The van der Waals surface area contributed by atoms with Gasteiger partial charge in [0.1, 0.15) is 12.4 Å². The highest BCUT2D eigenvalue weighted by molar-refractivity contribution is 7.89. The van der Waals surface area contributed by atoms with E-state index in [-0.39, 0.29) is 23.7 Å². The van der Waals surface area contributed by atoms with Crippen molar-refractivity contribution >= 4 is 21.7 Å². The van der Waals surface area contributed by atoms with E-state index >= 15 is 0 Å². The van der Waals surface area contributed by atoms with Crippen molar-refractivity contribution in [3.8, 4) is 5.75 Å². The number of nitro groups is 1. The van der Waals surface area contributed by atoms with Crippen LogP contribution in [0.4, 0.5) is 5.69 Å². The zero-order valence-electron chi connectivity index (χ0n) is 17.1. The van der Waals surface area contributed by atoms with E-state index in [1.807, 2.05) is 24.3 Å². The molecule has 31 heavy (non-hydrogen) atoms. The van der Waals surface area contributed by atoms with Crippen LogP contribution in [0.15, 0.2) is 71.1 Å². The summed E-state index contributed by atoms with van der Waals surface area (Å²) in [5.41, 5.74) is 0.640. The van der Waals surface area contributed by atoms with Gasteiger partial charge in [-0.3, -0.25) is 15.1 Å². The minimum absolute atomic E-state index is 0.0603. The third-order valence-corrected chi connectivity index (χ3v) is 5.51. The lowest BCUT2D eigenvalue weighted by Gasteiger charge is -2.14. The van der Waals surface area contributed by atoms with Gasteiger partial charge in [0.25, 0.3) is 5.69 Å². The molecule has 0 atom stereocenters. The Morgan fingerprint density at radius 1 is 1.19 bits per heavy atom. The summed E-state index contributed by atoms with van der Waals surface area (Å²) in [6.45, 7) is 4.80. The van der Waals surface area contributed by atoms with Gasteiger partial charge in [0.2, 0.25) is 10.0 Å². The number of ether oxygens (including phenoxy) is 1. The third kappa shape index (κ3) is 7.39. The Balaban J connectivity index is 1.85. The summed E-state index contributed by atoms with van der Waals surface area (Å²) in [6, 6.07) is 12.4. The zero-order chi connectivity index (χ0) is 22.7. The van der Waals surface area contributed by atoms with Gasteiger partial charge in [-0.1, -0.05) is 36.9 Å². The second-order valence-electron chi connectivity index (χ2n) is 6.21. The molecule has 0 radical (unpaired) electrons. The van der Waals surface area contributed by atoms with E-state index in [9.17, 15) is 18.5 Å². The largest absolute Gasteiger partial charge is 0.489 e. The van der Waals surface area contributed by atoms with E-state index in [1.165, 1.54) is 18.2 Å². The molecule has 0 saturated carbocycles. The number of benzene rings is 2. The number of hydrogen-bond donors (Lipinski definition) is 3. The topological polar surface area (TPSA) is 135 Å². The fourth-order valence-electron chi connectivity index (χ4n) is 2.55. The minimum atomic E-state index is -3.87. The Kier molecular flexibility index (Phi) is 8.97. The van der Waals surface area contributed by atoms with Gasteiger partial charge < -0.3 is 15.4 Å². The molecule has 0 fully saturated rings. The fraction of sp³-hybridized carbons (Fsp3) is 0.250. The average Bonchev–Trinajstić information content (AvgIpc) is 2.77. The summed E-state index contributed by atoms with van der Waals surface area (Å²) in [5, 5.41) is 17.0. The number of nitrogens with zero attached hydrogens (tertiary/aromatic N) is 2. The van der Waals surface area contributed by atoms with Crippen molar-refractivity contribution in [1.82, 2.24) is 15.4 Å². The molecule has 0 bridgehead atoms. The molecule has 0 aromatic heterocycles. The first-order valence-electron chi connectivity index (χ1n) is 9.37. The molecule has 0 aliphatic carbocycles. The molecular formula is C20H25N5O5S. The molecule has 0 aliphatic heterocycles. The first-order chi connectivity index (χ1) is 14.9. The normalized spacial score (nSPS) is 11.6. The SMILES string of the molecule is C=CCOc1ccccc1CNC(=NC)NCCNS(=O)(=O)c1cccc([N+](=O)[O-])c1. The summed E-state index contributed by atoms with van der Waals surface area (Å²) in [7, 11) is -2.27. The lowest BCUT2D eigenvalue weighted by molar-refractivity contribution is -0.385. The van der Waals surface area contributed by atoms with Crippen molar-refractivity contribution in [2.24, 2.45) is 4.99 Å². The van der Waals surface area contributed by atoms with Crippen LogP contribution in [0.2, 0.25) is 0 Å². The van der Waals surface area contributed by atoms with Crippen LogP contribution in [0.5, 0.6) is 5.75 Å². The van der Waals surface area contributed by atoms with Gasteiger partial charge in [0.05, 0.1) is 9.82 Å². The van der Waals surface area contributed by atoms with Gasteiger partial charge >= 0.3 is 0 Å².